The number of methoxy groups -OCH3 is 1. The molecule has 3 aromatic rings. The molecule has 6 nitrogen and oxygen atoms in total. The number of H-pyrrole nitrogens is 1. The predicted octanol–water partition coefficient (Wildman–Crippen LogP) is 3.47. The Balaban J connectivity index is 1.68. The fraction of sp³-hybridized carbons (Fsp3) is 0.182. The second-order valence-electron chi connectivity index (χ2n) is 6.29. The first kappa shape index (κ1) is 19.2. The Hall–Kier alpha value is -3.54. The largest absolute Gasteiger partial charge is 0.497 e. The molecule has 1 amide bonds. The van der Waals surface area contributed by atoms with E-state index in [1.54, 1.807) is 19.3 Å². The Bertz CT molecular complexity index is 1020. The van der Waals surface area contributed by atoms with Crippen LogP contribution < -0.4 is 14.8 Å². The molecular formula is C22H22N2O4. The predicted molar refractivity (Wildman–Crippen MR) is 108 cm³/mol. The van der Waals surface area contributed by atoms with E-state index in [1.165, 1.54) is 13.0 Å². The number of hydrogen-bond acceptors (Lipinski definition) is 4. The minimum absolute atomic E-state index is 0.0581. The maximum atomic E-state index is 12.2. The molecule has 3 rings (SSSR count). The van der Waals surface area contributed by atoms with E-state index in [-0.39, 0.29) is 5.91 Å². The van der Waals surface area contributed by atoms with Crippen LogP contribution in [0, 0.1) is 0 Å². The molecule has 0 fully saturated rings. The highest BCUT2D eigenvalue weighted by Gasteiger charge is 2.07. The van der Waals surface area contributed by atoms with Gasteiger partial charge in [-0.3, -0.25) is 4.79 Å². The van der Waals surface area contributed by atoms with Crippen LogP contribution in [0.3, 0.4) is 0 Å². The molecule has 0 saturated carbocycles. The van der Waals surface area contributed by atoms with Gasteiger partial charge in [-0.25, -0.2) is 4.79 Å². The molecule has 1 heterocycles. The summed E-state index contributed by atoms with van der Waals surface area (Å²) < 4.78 is 10.6. The minimum atomic E-state index is -0.461. The lowest BCUT2D eigenvalue weighted by Crippen LogP contribution is -2.22. The summed E-state index contributed by atoms with van der Waals surface area (Å²) in [6, 6.07) is 12.8. The van der Waals surface area contributed by atoms with Crippen molar-refractivity contribution in [1.29, 1.82) is 0 Å². The van der Waals surface area contributed by atoms with Crippen molar-refractivity contribution in [3.63, 3.8) is 0 Å². The standard InChI is InChI=1S/C22H22N2O4/c1-15(25)23-11-10-17-14-24-21-8-7-19(13-20(17)21)28-22(26)9-6-16-4-3-5-18(12-16)27-2/h3-9,12-14,24H,10-11H2,1-2H3,(H,23,25)/b9-6+. The van der Waals surface area contributed by atoms with Crippen molar-refractivity contribution in [2.45, 2.75) is 13.3 Å². The van der Waals surface area contributed by atoms with Crippen LogP contribution in [0.5, 0.6) is 11.5 Å². The highest BCUT2D eigenvalue weighted by molar-refractivity contribution is 5.90. The monoisotopic (exact) mass is 378 g/mol. The molecule has 0 radical (unpaired) electrons. The number of ether oxygens (including phenoxy) is 2. The molecule has 6 heteroatoms. The van der Waals surface area contributed by atoms with E-state index in [4.69, 9.17) is 9.47 Å². The van der Waals surface area contributed by atoms with Gasteiger partial charge in [0, 0.05) is 36.6 Å². The number of carbonyl (C=O) groups is 2. The van der Waals surface area contributed by atoms with Gasteiger partial charge in [-0.15, -0.1) is 0 Å². The Morgan fingerprint density at radius 3 is 2.79 bits per heavy atom. The Morgan fingerprint density at radius 2 is 2.00 bits per heavy atom. The van der Waals surface area contributed by atoms with Crippen LogP contribution in [0.1, 0.15) is 18.1 Å². The van der Waals surface area contributed by atoms with Crippen molar-refractivity contribution in [2.75, 3.05) is 13.7 Å². The van der Waals surface area contributed by atoms with Crippen LogP contribution in [0.4, 0.5) is 0 Å². The third kappa shape index (κ3) is 5.01. The highest BCUT2D eigenvalue weighted by atomic mass is 16.5. The average molecular weight is 378 g/mol. The normalized spacial score (nSPS) is 10.9. The molecule has 0 aliphatic rings. The number of amides is 1. The Morgan fingerprint density at radius 1 is 1.14 bits per heavy atom. The van der Waals surface area contributed by atoms with Crippen molar-refractivity contribution in [3.05, 3.63) is 65.9 Å². The number of rotatable bonds is 7. The molecule has 0 aliphatic heterocycles. The van der Waals surface area contributed by atoms with Crippen LogP contribution >= 0.6 is 0 Å². The fourth-order valence-electron chi connectivity index (χ4n) is 2.86. The zero-order valence-electron chi connectivity index (χ0n) is 15.8. The molecule has 0 spiro atoms. The highest BCUT2D eigenvalue weighted by Crippen LogP contribution is 2.24. The number of hydrogen-bond donors (Lipinski definition) is 2. The number of benzene rings is 2. The number of esters is 1. The molecular weight excluding hydrogens is 356 g/mol. The summed E-state index contributed by atoms with van der Waals surface area (Å²) in [6.45, 7) is 2.04. The zero-order valence-corrected chi connectivity index (χ0v) is 15.8. The van der Waals surface area contributed by atoms with E-state index in [1.807, 2.05) is 42.6 Å². The summed E-state index contributed by atoms with van der Waals surface area (Å²) in [7, 11) is 1.60. The lowest BCUT2D eigenvalue weighted by Gasteiger charge is -2.04. The van der Waals surface area contributed by atoms with E-state index in [9.17, 15) is 9.59 Å². The summed E-state index contributed by atoms with van der Waals surface area (Å²) in [5, 5.41) is 3.74. The van der Waals surface area contributed by atoms with E-state index >= 15 is 0 Å². The molecule has 28 heavy (non-hydrogen) atoms. The topological polar surface area (TPSA) is 80.4 Å². The second-order valence-corrected chi connectivity index (χ2v) is 6.29. The minimum Gasteiger partial charge on any atom is -0.497 e. The summed E-state index contributed by atoms with van der Waals surface area (Å²) in [5.41, 5.74) is 2.84. The lowest BCUT2D eigenvalue weighted by molar-refractivity contribution is -0.128. The Labute approximate surface area is 163 Å². The van der Waals surface area contributed by atoms with Crippen LogP contribution in [0.15, 0.2) is 54.7 Å². The van der Waals surface area contributed by atoms with E-state index in [0.29, 0.717) is 18.7 Å². The molecule has 0 bridgehead atoms. The maximum absolute atomic E-state index is 12.2. The molecule has 1 aromatic heterocycles. The van der Waals surface area contributed by atoms with Gasteiger partial charge in [0.1, 0.15) is 11.5 Å². The van der Waals surface area contributed by atoms with Crippen LogP contribution in [-0.4, -0.2) is 30.5 Å². The van der Waals surface area contributed by atoms with Crippen molar-refractivity contribution in [1.82, 2.24) is 10.3 Å². The SMILES string of the molecule is COc1cccc(/C=C/C(=O)Oc2ccc3[nH]cc(CCNC(C)=O)c3c2)c1. The molecule has 0 saturated heterocycles. The number of carbonyl (C=O) groups excluding carboxylic acids is 2. The first-order chi connectivity index (χ1) is 13.5. The van der Waals surface area contributed by atoms with Crippen molar-refractivity contribution >= 4 is 28.9 Å². The second kappa shape index (κ2) is 8.90. The van der Waals surface area contributed by atoms with Gasteiger partial charge in [0.15, 0.2) is 0 Å². The van der Waals surface area contributed by atoms with E-state index in [2.05, 4.69) is 10.3 Å². The van der Waals surface area contributed by atoms with Gasteiger partial charge < -0.3 is 19.8 Å². The van der Waals surface area contributed by atoms with E-state index in [0.717, 1.165) is 27.8 Å². The smallest absolute Gasteiger partial charge is 0.336 e. The maximum Gasteiger partial charge on any atom is 0.336 e. The molecule has 0 aliphatic carbocycles. The Kier molecular flexibility index (Phi) is 6.11. The van der Waals surface area contributed by atoms with Gasteiger partial charge in [-0.2, -0.15) is 0 Å². The summed E-state index contributed by atoms with van der Waals surface area (Å²) in [5.74, 6) is 0.670. The van der Waals surface area contributed by atoms with Gasteiger partial charge >= 0.3 is 5.97 Å². The van der Waals surface area contributed by atoms with Crippen molar-refractivity contribution in [3.8, 4) is 11.5 Å². The lowest BCUT2D eigenvalue weighted by atomic mass is 10.1. The average Bonchev–Trinajstić information content (AvgIpc) is 3.09. The van der Waals surface area contributed by atoms with Crippen LogP contribution in [0.25, 0.3) is 17.0 Å². The van der Waals surface area contributed by atoms with Gasteiger partial charge in [-0.1, -0.05) is 12.1 Å². The van der Waals surface area contributed by atoms with E-state index < -0.39 is 5.97 Å². The molecule has 2 aromatic carbocycles. The van der Waals surface area contributed by atoms with Gasteiger partial charge in [0.05, 0.1) is 7.11 Å². The van der Waals surface area contributed by atoms with Gasteiger partial charge in [-0.05, 0) is 54.0 Å². The fourth-order valence-corrected chi connectivity index (χ4v) is 2.86. The number of nitrogens with one attached hydrogen (secondary N) is 2. The summed E-state index contributed by atoms with van der Waals surface area (Å²) >= 11 is 0. The van der Waals surface area contributed by atoms with Crippen LogP contribution in [-0.2, 0) is 16.0 Å². The van der Waals surface area contributed by atoms with Gasteiger partial charge in [0.25, 0.3) is 0 Å². The molecule has 144 valence electrons. The van der Waals surface area contributed by atoms with Crippen molar-refractivity contribution in [2.24, 2.45) is 0 Å². The third-order valence-electron chi connectivity index (χ3n) is 4.23. The number of aromatic amines is 1. The summed E-state index contributed by atoms with van der Waals surface area (Å²) in [4.78, 5) is 26.4. The third-order valence-corrected chi connectivity index (χ3v) is 4.23. The quantitative estimate of drug-likeness (QED) is 0.375. The molecule has 2 N–H and O–H groups in total. The summed E-state index contributed by atoms with van der Waals surface area (Å²) in [6.07, 6.45) is 5.65. The first-order valence-electron chi connectivity index (χ1n) is 8.93. The van der Waals surface area contributed by atoms with Crippen molar-refractivity contribution < 1.29 is 19.1 Å². The van der Waals surface area contributed by atoms with Gasteiger partial charge in [0.2, 0.25) is 5.91 Å². The first-order valence-corrected chi connectivity index (χ1v) is 8.93. The number of aromatic nitrogens is 1. The van der Waals surface area contributed by atoms with Crippen LogP contribution in [0.2, 0.25) is 0 Å². The number of fused-ring (bicyclic) bond motifs is 1. The zero-order chi connectivity index (χ0) is 19.9. The molecule has 0 atom stereocenters. The molecule has 0 unspecified atom stereocenters.